The third kappa shape index (κ3) is 7.58. The molecule has 3 N–H and O–H groups in total. The molecule has 0 atom stereocenters. The van der Waals surface area contributed by atoms with Gasteiger partial charge in [-0.25, -0.2) is 14.4 Å². The fourth-order valence-corrected chi connectivity index (χ4v) is 3.93. The second-order valence-electron chi connectivity index (χ2n) is 8.65. The fourth-order valence-electron chi connectivity index (χ4n) is 3.93. The summed E-state index contributed by atoms with van der Waals surface area (Å²) in [6.07, 6.45) is 2.90. The Kier molecular flexibility index (Phi) is 9.17. The summed E-state index contributed by atoms with van der Waals surface area (Å²) in [7, 11) is 1.56. The highest BCUT2D eigenvalue weighted by atomic mass is 19.1. The van der Waals surface area contributed by atoms with Crippen LogP contribution in [0.1, 0.15) is 19.3 Å². The SMILES string of the molecule is COCCOc1cc(F)c2c(Nc3ccc(NC(=O)CC(=O)NCC4CCOCC4)cc3)ncnc2c1. The van der Waals surface area contributed by atoms with Crippen molar-refractivity contribution in [3.8, 4) is 5.75 Å². The van der Waals surface area contributed by atoms with E-state index in [0.717, 1.165) is 12.8 Å². The van der Waals surface area contributed by atoms with Crippen molar-refractivity contribution in [3.05, 3.63) is 48.5 Å². The maximum Gasteiger partial charge on any atom is 0.233 e. The van der Waals surface area contributed by atoms with Crippen LogP contribution in [-0.2, 0) is 19.1 Å². The number of methoxy groups -OCH3 is 1. The van der Waals surface area contributed by atoms with Crippen LogP contribution < -0.4 is 20.7 Å². The highest BCUT2D eigenvalue weighted by Crippen LogP contribution is 2.29. The van der Waals surface area contributed by atoms with E-state index in [0.29, 0.717) is 67.3 Å². The van der Waals surface area contributed by atoms with Crippen LogP contribution in [0.3, 0.4) is 0 Å². The number of hydrogen-bond donors (Lipinski definition) is 3. The van der Waals surface area contributed by atoms with E-state index in [4.69, 9.17) is 14.2 Å². The topological polar surface area (TPSA) is 124 Å². The van der Waals surface area contributed by atoms with Gasteiger partial charge in [-0.2, -0.15) is 0 Å². The number of nitrogens with zero attached hydrogens (tertiary/aromatic N) is 2. The Balaban J connectivity index is 1.32. The lowest BCUT2D eigenvalue weighted by Crippen LogP contribution is -2.34. The standard InChI is InChI=1S/C26H30FN5O5/c1-35-10-11-37-20-12-21(27)25-22(13-20)29-16-30-26(25)32-19-4-2-18(3-5-19)31-24(34)14-23(33)28-15-17-6-8-36-9-7-17/h2-5,12-13,16-17H,6-11,14-15H2,1H3,(H,28,33)(H,31,34)(H,29,30,32). The molecule has 10 nitrogen and oxygen atoms in total. The summed E-state index contributed by atoms with van der Waals surface area (Å²) < 4.78 is 30.6. The zero-order valence-corrected chi connectivity index (χ0v) is 20.6. The number of halogens is 1. The summed E-state index contributed by atoms with van der Waals surface area (Å²) in [4.78, 5) is 32.7. The number of rotatable bonds is 11. The fraction of sp³-hybridized carbons (Fsp3) is 0.385. The van der Waals surface area contributed by atoms with Gasteiger partial charge in [0.05, 0.1) is 17.5 Å². The molecule has 1 aromatic heterocycles. The normalized spacial score (nSPS) is 13.8. The summed E-state index contributed by atoms with van der Waals surface area (Å²) in [5.74, 6) is -0.206. The number of carbonyl (C=O) groups excluding carboxylic acids is 2. The maximum absolute atomic E-state index is 14.9. The van der Waals surface area contributed by atoms with Gasteiger partial charge >= 0.3 is 0 Å². The third-order valence-electron chi connectivity index (χ3n) is 5.90. The Bertz CT molecular complexity index is 1220. The molecular formula is C26H30FN5O5. The van der Waals surface area contributed by atoms with Crippen molar-refractivity contribution < 1.29 is 28.2 Å². The van der Waals surface area contributed by atoms with Gasteiger partial charge in [-0.3, -0.25) is 9.59 Å². The first kappa shape index (κ1) is 26.2. The molecule has 1 aliphatic rings. The van der Waals surface area contributed by atoms with Crippen molar-refractivity contribution in [3.63, 3.8) is 0 Å². The molecule has 3 aromatic rings. The van der Waals surface area contributed by atoms with E-state index < -0.39 is 11.7 Å². The molecule has 2 heterocycles. The van der Waals surface area contributed by atoms with E-state index in [1.807, 2.05) is 0 Å². The number of ether oxygens (including phenoxy) is 3. The molecule has 2 aromatic carbocycles. The first-order chi connectivity index (χ1) is 18.0. The molecule has 196 valence electrons. The van der Waals surface area contributed by atoms with Crippen molar-refractivity contribution in [1.82, 2.24) is 15.3 Å². The lowest BCUT2D eigenvalue weighted by molar-refractivity contribution is -0.127. The molecular weight excluding hydrogens is 481 g/mol. The number of carbonyl (C=O) groups is 2. The molecule has 4 rings (SSSR count). The predicted molar refractivity (Wildman–Crippen MR) is 136 cm³/mol. The number of nitrogens with one attached hydrogen (secondary N) is 3. The van der Waals surface area contributed by atoms with Crippen LogP contribution in [0.25, 0.3) is 10.9 Å². The minimum atomic E-state index is -0.521. The zero-order valence-electron chi connectivity index (χ0n) is 20.6. The third-order valence-corrected chi connectivity index (χ3v) is 5.90. The zero-order chi connectivity index (χ0) is 26.0. The van der Waals surface area contributed by atoms with E-state index in [9.17, 15) is 14.0 Å². The molecule has 0 aliphatic carbocycles. The molecule has 1 fully saturated rings. The second-order valence-corrected chi connectivity index (χ2v) is 8.65. The van der Waals surface area contributed by atoms with Gasteiger partial charge in [0.15, 0.2) is 0 Å². The van der Waals surface area contributed by atoms with Crippen molar-refractivity contribution in [2.45, 2.75) is 19.3 Å². The number of anilines is 3. The van der Waals surface area contributed by atoms with Gasteiger partial charge in [0.25, 0.3) is 0 Å². The van der Waals surface area contributed by atoms with Gasteiger partial charge in [-0.1, -0.05) is 0 Å². The molecule has 11 heteroatoms. The van der Waals surface area contributed by atoms with Crippen LogP contribution in [0.4, 0.5) is 21.6 Å². The molecule has 0 bridgehead atoms. The van der Waals surface area contributed by atoms with Gasteiger partial charge in [0.2, 0.25) is 11.8 Å². The smallest absolute Gasteiger partial charge is 0.233 e. The van der Waals surface area contributed by atoms with Crippen LogP contribution >= 0.6 is 0 Å². The van der Waals surface area contributed by atoms with Gasteiger partial charge in [0.1, 0.15) is 36.7 Å². The molecule has 0 radical (unpaired) electrons. The number of amides is 2. The average molecular weight is 512 g/mol. The molecule has 2 amide bonds. The maximum atomic E-state index is 14.9. The first-order valence-corrected chi connectivity index (χ1v) is 12.1. The summed E-state index contributed by atoms with van der Waals surface area (Å²) in [5, 5.41) is 8.84. The monoisotopic (exact) mass is 511 g/mol. The Labute approximate surface area is 213 Å². The lowest BCUT2D eigenvalue weighted by atomic mass is 10.0. The minimum absolute atomic E-state index is 0.228. The summed E-state index contributed by atoms with van der Waals surface area (Å²) in [6.45, 7) is 2.65. The second kappa shape index (κ2) is 12.9. The number of benzene rings is 2. The molecule has 0 spiro atoms. The van der Waals surface area contributed by atoms with Crippen LogP contribution in [0, 0.1) is 11.7 Å². The van der Waals surface area contributed by atoms with Gasteiger partial charge in [-0.15, -0.1) is 0 Å². The lowest BCUT2D eigenvalue weighted by Gasteiger charge is -2.22. The summed E-state index contributed by atoms with van der Waals surface area (Å²) in [6, 6.07) is 9.72. The molecule has 37 heavy (non-hydrogen) atoms. The van der Waals surface area contributed by atoms with Crippen LogP contribution in [-0.4, -0.2) is 61.9 Å². The van der Waals surface area contributed by atoms with Crippen molar-refractivity contribution in [1.29, 1.82) is 0 Å². The van der Waals surface area contributed by atoms with E-state index in [-0.39, 0.29) is 17.7 Å². The molecule has 0 unspecified atom stereocenters. The Morgan fingerprint density at radius 2 is 1.81 bits per heavy atom. The summed E-state index contributed by atoms with van der Waals surface area (Å²) >= 11 is 0. The number of fused-ring (bicyclic) bond motifs is 1. The van der Waals surface area contributed by atoms with Crippen LogP contribution in [0.15, 0.2) is 42.7 Å². The van der Waals surface area contributed by atoms with Gasteiger partial charge < -0.3 is 30.2 Å². The Hall–Kier alpha value is -3.83. The summed E-state index contributed by atoms with van der Waals surface area (Å²) in [5.41, 5.74) is 1.56. The van der Waals surface area contributed by atoms with Crippen molar-refractivity contribution in [2.75, 3.05) is 50.7 Å². The number of aromatic nitrogens is 2. The minimum Gasteiger partial charge on any atom is -0.491 e. The van der Waals surface area contributed by atoms with E-state index >= 15 is 0 Å². The molecule has 1 aliphatic heterocycles. The number of hydrogen-bond acceptors (Lipinski definition) is 8. The molecule has 1 saturated heterocycles. The molecule has 0 saturated carbocycles. The highest BCUT2D eigenvalue weighted by molar-refractivity contribution is 6.03. The average Bonchev–Trinajstić information content (AvgIpc) is 2.89. The first-order valence-electron chi connectivity index (χ1n) is 12.1. The van der Waals surface area contributed by atoms with E-state index in [2.05, 4.69) is 25.9 Å². The van der Waals surface area contributed by atoms with Crippen molar-refractivity contribution >= 4 is 39.9 Å². The van der Waals surface area contributed by atoms with Crippen LogP contribution in [0.2, 0.25) is 0 Å². The predicted octanol–water partition coefficient (Wildman–Crippen LogP) is 3.41. The highest BCUT2D eigenvalue weighted by Gasteiger charge is 2.16. The largest absolute Gasteiger partial charge is 0.491 e. The van der Waals surface area contributed by atoms with E-state index in [1.165, 1.54) is 12.4 Å². The van der Waals surface area contributed by atoms with Gasteiger partial charge in [-0.05, 0) is 43.0 Å². The van der Waals surface area contributed by atoms with Crippen LogP contribution in [0.5, 0.6) is 5.75 Å². The Morgan fingerprint density at radius 1 is 1.05 bits per heavy atom. The quantitative estimate of drug-likeness (QED) is 0.264. The Morgan fingerprint density at radius 3 is 2.57 bits per heavy atom. The van der Waals surface area contributed by atoms with Crippen molar-refractivity contribution in [2.24, 2.45) is 5.92 Å². The van der Waals surface area contributed by atoms with Gasteiger partial charge in [0, 0.05) is 50.4 Å². The van der Waals surface area contributed by atoms with E-state index in [1.54, 1.807) is 37.4 Å².